The minimum atomic E-state index is -4.03. The van der Waals surface area contributed by atoms with Crippen LogP contribution in [0.15, 0.2) is 59.8 Å². The van der Waals surface area contributed by atoms with Crippen LogP contribution < -0.4 is 4.74 Å². The fraction of sp³-hybridized carbons (Fsp3) is 0.250. The molecule has 1 aliphatic heterocycles. The van der Waals surface area contributed by atoms with Crippen LogP contribution in [0, 0.1) is 0 Å². The summed E-state index contributed by atoms with van der Waals surface area (Å²) in [5, 5.41) is 15.7. The number of alkyl halides is 1. The first-order chi connectivity index (χ1) is 14.8. The number of benzene rings is 1. The van der Waals surface area contributed by atoms with Crippen LogP contribution in [0.4, 0.5) is 4.39 Å². The Morgan fingerprint density at radius 2 is 2.13 bits per heavy atom. The minimum absolute atomic E-state index is 0.0454. The summed E-state index contributed by atoms with van der Waals surface area (Å²) in [6, 6.07) is 11.4. The van der Waals surface area contributed by atoms with Crippen molar-refractivity contribution in [1.82, 2.24) is 19.5 Å². The molecule has 0 bridgehead atoms. The molecule has 2 aromatic heterocycles. The molecule has 11 heteroatoms. The first kappa shape index (κ1) is 20.9. The third kappa shape index (κ3) is 4.28. The van der Waals surface area contributed by atoms with Gasteiger partial charge in [0, 0.05) is 19.2 Å². The molecule has 3 aromatic rings. The number of carboxylic acids is 1. The van der Waals surface area contributed by atoms with Crippen LogP contribution in [0.5, 0.6) is 5.75 Å². The van der Waals surface area contributed by atoms with Crippen molar-refractivity contribution in [2.24, 2.45) is 0 Å². The molecular weight excluding hydrogens is 427 g/mol. The molecule has 31 heavy (non-hydrogen) atoms. The monoisotopic (exact) mass is 446 g/mol. The van der Waals surface area contributed by atoms with Crippen LogP contribution >= 0.6 is 0 Å². The number of nitrogens with one attached hydrogen (secondary N) is 1. The normalized spacial score (nSPS) is 19.4. The predicted molar refractivity (Wildman–Crippen MR) is 107 cm³/mol. The average Bonchev–Trinajstić information content (AvgIpc) is 3.44. The van der Waals surface area contributed by atoms with Gasteiger partial charge in [-0.1, -0.05) is 12.1 Å². The van der Waals surface area contributed by atoms with Gasteiger partial charge in [0.2, 0.25) is 15.7 Å². The van der Waals surface area contributed by atoms with E-state index in [0.29, 0.717) is 17.0 Å². The molecule has 1 aromatic carbocycles. The quantitative estimate of drug-likeness (QED) is 0.570. The van der Waals surface area contributed by atoms with Crippen molar-refractivity contribution in [2.45, 2.75) is 23.6 Å². The summed E-state index contributed by atoms with van der Waals surface area (Å²) in [4.78, 5) is 15.3. The van der Waals surface area contributed by atoms with E-state index in [2.05, 4.69) is 15.2 Å². The molecule has 4 rings (SSSR count). The van der Waals surface area contributed by atoms with Crippen molar-refractivity contribution >= 4 is 16.0 Å². The number of rotatable bonds is 7. The van der Waals surface area contributed by atoms with Gasteiger partial charge < -0.3 is 9.84 Å². The molecule has 0 spiro atoms. The lowest BCUT2D eigenvalue weighted by Crippen LogP contribution is -2.38. The Kier molecular flexibility index (Phi) is 5.46. The third-order valence-corrected chi connectivity index (χ3v) is 6.86. The van der Waals surface area contributed by atoms with Crippen LogP contribution in [0.1, 0.15) is 12.0 Å². The summed E-state index contributed by atoms with van der Waals surface area (Å²) in [6.07, 6.45) is 2.79. The Morgan fingerprint density at radius 1 is 1.29 bits per heavy atom. The smallest absolute Gasteiger partial charge is 0.342 e. The number of carboxylic acid groups (broad SMARTS) is 1. The minimum Gasteiger partial charge on any atom is -0.487 e. The number of hydrogen-bond donors (Lipinski definition) is 2. The number of H-pyrrole nitrogens is 1. The Morgan fingerprint density at radius 3 is 2.77 bits per heavy atom. The standard InChI is InChI=1S/C20H19FN4O5S/c21-20(19(26)27)7-9-25(13-20)31(28,29)16-3-1-2-14(10-16)12-30-15-4-5-17(22-11-15)18-6-8-23-24-18/h1-6,8,10-11H,7,9,12-13H2,(H,23,24)(H,26,27). The number of carbonyl (C=O) groups is 1. The van der Waals surface area contributed by atoms with Gasteiger partial charge in [-0.2, -0.15) is 9.40 Å². The molecule has 0 saturated carbocycles. The molecule has 1 aliphatic rings. The second-order valence-electron chi connectivity index (χ2n) is 7.14. The molecule has 3 heterocycles. The zero-order valence-corrected chi connectivity index (χ0v) is 17.0. The van der Waals surface area contributed by atoms with Gasteiger partial charge in [0.25, 0.3) is 0 Å². The highest BCUT2D eigenvalue weighted by Crippen LogP contribution is 2.30. The average molecular weight is 446 g/mol. The lowest BCUT2D eigenvalue weighted by molar-refractivity contribution is -0.149. The highest BCUT2D eigenvalue weighted by atomic mass is 32.2. The highest BCUT2D eigenvalue weighted by Gasteiger charge is 2.49. The van der Waals surface area contributed by atoms with Crippen molar-refractivity contribution in [3.63, 3.8) is 0 Å². The number of aliphatic carboxylic acids is 1. The van der Waals surface area contributed by atoms with Crippen LogP contribution in [-0.4, -0.2) is 57.7 Å². The van der Waals surface area contributed by atoms with E-state index in [-0.39, 0.29) is 24.5 Å². The Bertz CT molecular complexity index is 1180. The second kappa shape index (κ2) is 8.08. The molecule has 162 valence electrons. The fourth-order valence-electron chi connectivity index (χ4n) is 3.25. The summed E-state index contributed by atoms with van der Waals surface area (Å²) in [5.74, 6) is -1.15. The first-order valence-corrected chi connectivity index (χ1v) is 10.8. The van der Waals surface area contributed by atoms with E-state index in [1.54, 1.807) is 42.7 Å². The zero-order valence-electron chi connectivity index (χ0n) is 16.2. The van der Waals surface area contributed by atoms with Crippen LogP contribution in [0.3, 0.4) is 0 Å². The summed E-state index contributed by atoms with van der Waals surface area (Å²) in [5.41, 5.74) is -0.508. The van der Waals surface area contributed by atoms with Crippen molar-refractivity contribution in [2.75, 3.05) is 13.1 Å². The van der Waals surface area contributed by atoms with Crippen LogP contribution in [0.25, 0.3) is 11.4 Å². The molecule has 0 aliphatic carbocycles. The summed E-state index contributed by atoms with van der Waals surface area (Å²) >= 11 is 0. The number of aromatic nitrogens is 3. The number of pyridine rings is 1. The SMILES string of the molecule is O=C(O)C1(F)CCN(S(=O)(=O)c2cccc(COc3ccc(-c4ccn[nH]4)nc3)c2)C1. The van der Waals surface area contributed by atoms with E-state index in [0.717, 1.165) is 10.00 Å². The van der Waals surface area contributed by atoms with Gasteiger partial charge in [-0.15, -0.1) is 0 Å². The number of aromatic amines is 1. The number of halogens is 1. The Balaban J connectivity index is 1.44. The first-order valence-electron chi connectivity index (χ1n) is 9.38. The fourth-order valence-corrected chi connectivity index (χ4v) is 4.81. The maximum atomic E-state index is 14.3. The topological polar surface area (TPSA) is 125 Å². The largest absolute Gasteiger partial charge is 0.487 e. The molecule has 2 N–H and O–H groups in total. The van der Waals surface area contributed by atoms with Crippen molar-refractivity contribution in [3.8, 4) is 17.1 Å². The molecule has 1 fully saturated rings. The van der Waals surface area contributed by atoms with Crippen molar-refractivity contribution in [3.05, 3.63) is 60.4 Å². The Labute approximate surface area is 177 Å². The second-order valence-corrected chi connectivity index (χ2v) is 9.08. The van der Waals surface area contributed by atoms with E-state index in [1.807, 2.05) is 0 Å². The lowest BCUT2D eigenvalue weighted by atomic mass is 10.1. The maximum absolute atomic E-state index is 14.3. The van der Waals surface area contributed by atoms with Gasteiger partial charge >= 0.3 is 5.97 Å². The van der Waals surface area contributed by atoms with Crippen LogP contribution in [-0.2, 0) is 21.4 Å². The van der Waals surface area contributed by atoms with E-state index in [4.69, 9.17) is 9.84 Å². The molecular formula is C20H19FN4O5S. The van der Waals surface area contributed by atoms with E-state index in [1.165, 1.54) is 12.1 Å². The molecule has 1 saturated heterocycles. The summed E-state index contributed by atoms with van der Waals surface area (Å²) in [7, 11) is -4.03. The Hall–Kier alpha value is -3.31. The highest BCUT2D eigenvalue weighted by molar-refractivity contribution is 7.89. The summed E-state index contributed by atoms with van der Waals surface area (Å²) in [6.45, 7) is -0.809. The molecule has 1 atom stereocenters. The third-order valence-electron chi connectivity index (χ3n) is 5.02. The van der Waals surface area contributed by atoms with Crippen LogP contribution in [0.2, 0.25) is 0 Å². The summed E-state index contributed by atoms with van der Waals surface area (Å²) < 4.78 is 46.5. The van der Waals surface area contributed by atoms with Crippen molar-refractivity contribution in [1.29, 1.82) is 0 Å². The molecule has 1 unspecified atom stereocenters. The van der Waals surface area contributed by atoms with Gasteiger partial charge in [0.05, 0.1) is 29.0 Å². The molecule has 0 amide bonds. The number of sulfonamides is 1. The maximum Gasteiger partial charge on any atom is 0.342 e. The van der Waals surface area contributed by atoms with Gasteiger partial charge in [-0.3, -0.25) is 10.1 Å². The van der Waals surface area contributed by atoms with Gasteiger partial charge in [-0.25, -0.2) is 17.6 Å². The lowest BCUT2D eigenvalue weighted by Gasteiger charge is -2.18. The van der Waals surface area contributed by atoms with Gasteiger partial charge in [0.15, 0.2) is 0 Å². The van der Waals surface area contributed by atoms with E-state index >= 15 is 0 Å². The van der Waals surface area contributed by atoms with E-state index < -0.39 is 28.2 Å². The predicted octanol–water partition coefficient (Wildman–Crippen LogP) is 2.24. The number of ether oxygens (including phenoxy) is 1. The molecule has 0 radical (unpaired) electrons. The van der Waals surface area contributed by atoms with Gasteiger partial charge in [0.1, 0.15) is 12.4 Å². The number of hydrogen-bond acceptors (Lipinski definition) is 6. The number of nitrogens with zero attached hydrogens (tertiary/aromatic N) is 3. The van der Waals surface area contributed by atoms with E-state index in [9.17, 15) is 17.6 Å². The molecule has 9 nitrogen and oxygen atoms in total. The zero-order chi connectivity index (χ0) is 22.1. The van der Waals surface area contributed by atoms with Crippen molar-refractivity contribution < 1.29 is 27.4 Å². The van der Waals surface area contributed by atoms with Gasteiger partial charge in [-0.05, 0) is 35.9 Å².